The van der Waals surface area contributed by atoms with E-state index in [4.69, 9.17) is 5.73 Å². The zero-order chi connectivity index (χ0) is 15.2. The summed E-state index contributed by atoms with van der Waals surface area (Å²) in [6.07, 6.45) is 5.03. The van der Waals surface area contributed by atoms with E-state index in [9.17, 15) is 9.18 Å². The largest absolute Gasteiger partial charge is 0.352 e. The smallest absolute Gasteiger partial charge is 0.223 e. The van der Waals surface area contributed by atoms with E-state index in [2.05, 4.69) is 5.32 Å². The number of nitrogens with one attached hydrogen (secondary N) is 1. The van der Waals surface area contributed by atoms with Gasteiger partial charge in [0.2, 0.25) is 5.91 Å². The molecule has 1 amide bonds. The predicted molar refractivity (Wildman–Crippen MR) is 92.6 cm³/mol. The van der Waals surface area contributed by atoms with Crippen molar-refractivity contribution in [3.8, 4) is 0 Å². The molecule has 3 N–H and O–H groups in total. The van der Waals surface area contributed by atoms with Gasteiger partial charge in [-0.05, 0) is 54.8 Å². The van der Waals surface area contributed by atoms with Crippen LogP contribution in [0.25, 0.3) is 0 Å². The van der Waals surface area contributed by atoms with Crippen molar-refractivity contribution in [1.82, 2.24) is 5.32 Å². The van der Waals surface area contributed by atoms with Gasteiger partial charge >= 0.3 is 0 Å². The third-order valence-electron chi connectivity index (χ3n) is 4.22. The summed E-state index contributed by atoms with van der Waals surface area (Å²) in [6, 6.07) is 4.76. The Morgan fingerprint density at radius 3 is 2.86 bits per heavy atom. The fourth-order valence-corrected chi connectivity index (χ4v) is 3.61. The molecule has 1 aromatic carbocycles. The van der Waals surface area contributed by atoms with Crippen LogP contribution in [0.5, 0.6) is 0 Å². The van der Waals surface area contributed by atoms with Gasteiger partial charge in [-0.2, -0.15) is 11.8 Å². The lowest BCUT2D eigenvalue weighted by Gasteiger charge is -2.18. The molecule has 3 nitrogen and oxygen atoms in total. The second kappa shape index (κ2) is 9.38. The number of hydrogen-bond donors (Lipinski definition) is 2. The summed E-state index contributed by atoms with van der Waals surface area (Å²) in [7, 11) is 0. The van der Waals surface area contributed by atoms with Crippen LogP contribution in [0.2, 0.25) is 0 Å². The van der Waals surface area contributed by atoms with Crippen molar-refractivity contribution < 1.29 is 9.18 Å². The molecule has 1 aromatic rings. The molecule has 22 heavy (non-hydrogen) atoms. The summed E-state index contributed by atoms with van der Waals surface area (Å²) in [5.74, 6) is 0.955. The molecule has 1 saturated carbocycles. The highest BCUT2D eigenvalue weighted by Crippen LogP contribution is 2.31. The summed E-state index contributed by atoms with van der Waals surface area (Å²) < 4.78 is 13.3. The lowest BCUT2D eigenvalue weighted by Crippen LogP contribution is -2.34. The van der Waals surface area contributed by atoms with Crippen LogP contribution in [-0.2, 0) is 17.1 Å². The molecule has 0 heterocycles. The van der Waals surface area contributed by atoms with Gasteiger partial charge in [0.25, 0.3) is 0 Å². The average Bonchev–Trinajstić information content (AvgIpc) is 2.95. The van der Waals surface area contributed by atoms with Gasteiger partial charge in [0, 0.05) is 18.2 Å². The van der Waals surface area contributed by atoms with E-state index in [1.165, 1.54) is 6.07 Å². The van der Waals surface area contributed by atoms with Crippen molar-refractivity contribution >= 4 is 30.1 Å². The van der Waals surface area contributed by atoms with E-state index in [-0.39, 0.29) is 30.0 Å². The molecule has 0 bridgehead atoms. The lowest BCUT2D eigenvalue weighted by molar-refractivity contribution is -0.126. The minimum Gasteiger partial charge on any atom is -0.352 e. The molecule has 0 radical (unpaired) electrons. The van der Waals surface area contributed by atoms with E-state index >= 15 is 0 Å². The Balaban J connectivity index is 0.00000242. The summed E-state index contributed by atoms with van der Waals surface area (Å²) in [5.41, 5.74) is 7.66. The molecule has 1 aliphatic rings. The predicted octanol–water partition coefficient (Wildman–Crippen LogP) is 3.10. The first-order valence-electron chi connectivity index (χ1n) is 7.39. The van der Waals surface area contributed by atoms with Gasteiger partial charge in [0.05, 0.1) is 0 Å². The number of halogens is 2. The van der Waals surface area contributed by atoms with Gasteiger partial charge in [-0.15, -0.1) is 12.4 Å². The van der Waals surface area contributed by atoms with Crippen LogP contribution in [0.3, 0.4) is 0 Å². The van der Waals surface area contributed by atoms with Gasteiger partial charge < -0.3 is 11.1 Å². The number of hydrogen-bond acceptors (Lipinski definition) is 3. The normalized spacial score (nSPS) is 20.5. The molecule has 6 heteroatoms. The van der Waals surface area contributed by atoms with Crippen LogP contribution >= 0.6 is 24.2 Å². The Labute approximate surface area is 142 Å². The number of thioether (sulfide) groups is 1. The first-order valence-corrected chi connectivity index (χ1v) is 8.79. The summed E-state index contributed by atoms with van der Waals surface area (Å²) in [6.45, 7) is 1.04. The van der Waals surface area contributed by atoms with Crippen LogP contribution in [0.15, 0.2) is 18.2 Å². The van der Waals surface area contributed by atoms with Gasteiger partial charge in [0.1, 0.15) is 5.82 Å². The van der Waals surface area contributed by atoms with Gasteiger partial charge in [-0.25, -0.2) is 4.39 Å². The van der Waals surface area contributed by atoms with Crippen LogP contribution < -0.4 is 11.1 Å². The lowest BCUT2D eigenvalue weighted by atomic mass is 9.95. The number of rotatable bonds is 6. The maximum absolute atomic E-state index is 13.3. The maximum atomic E-state index is 13.3. The topological polar surface area (TPSA) is 55.1 Å². The van der Waals surface area contributed by atoms with Crippen molar-refractivity contribution in [2.75, 3.05) is 12.8 Å². The first-order chi connectivity index (χ1) is 10.2. The quantitative estimate of drug-likeness (QED) is 0.832. The van der Waals surface area contributed by atoms with Crippen molar-refractivity contribution in [2.45, 2.75) is 31.6 Å². The molecule has 124 valence electrons. The zero-order valence-electron chi connectivity index (χ0n) is 12.8. The first kappa shape index (κ1) is 19.3. The highest BCUT2D eigenvalue weighted by Gasteiger charge is 2.31. The van der Waals surface area contributed by atoms with E-state index < -0.39 is 0 Å². The van der Waals surface area contributed by atoms with Crippen LogP contribution in [0.1, 0.15) is 30.4 Å². The Kier molecular flexibility index (Phi) is 8.21. The molecule has 0 unspecified atom stereocenters. The zero-order valence-corrected chi connectivity index (χ0v) is 14.4. The number of carbonyl (C=O) groups excluding carboxylic acids is 1. The number of carbonyl (C=O) groups is 1. The van der Waals surface area contributed by atoms with Crippen LogP contribution in [0.4, 0.5) is 4.39 Å². The van der Waals surface area contributed by atoms with Crippen molar-refractivity contribution in [1.29, 1.82) is 0 Å². The van der Waals surface area contributed by atoms with E-state index in [1.54, 1.807) is 23.9 Å². The molecule has 0 spiro atoms. The summed E-state index contributed by atoms with van der Waals surface area (Å²) in [4.78, 5) is 12.3. The highest BCUT2D eigenvalue weighted by atomic mass is 35.5. The molecular weight excluding hydrogens is 323 g/mol. The Bertz CT molecular complexity index is 501. The second-order valence-electron chi connectivity index (χ2n) is 5.60. The third-order valence-corrected chi connectivity index (χ3v) is 4.82. The Morgan fingerprint density at radius 1 is 1.41 bits per heavy atom. The molecular formula is C16H24ClFN2OS. The molecule has 1 aliphatic carbocycles. The monoisotopic (exact) mass is 346 g/mol. The third kappa shape index (κ3) is 4.86. The van der Waals surface area contributed by atoms with Crippen molar-refractivity contribution in [2.24, 2.45) is 17.6 Å². The van der Waals surface area contributed by atoms with E-state index in [1.807, 2.05) is 6.26 Å². The fourth-order valence-electron chi connectivity index (χ4n) is 3.03. The van der Waals surface area contributed by atoms with E-state index in [0.717, 1.165) is 36.1 Å². The van der Waals surface area contributed by atoms with Crippen LogP contribution in [-0.4, -0.2) is 18.7 Å². The number of nitrogens with two attached hydrogens (primary N) is 1. The van der Waals surface area contributed by atoms with E-state index in [0.29, 0.717) is 19.0 Å². The minimum absolute atomic E-state index is 0. The molecule has 0 aromatic heterocycles. The fraction of sp³-hybridized carbons (Fsp3) is 0.562. The molecule has 0 saturated heterocycles. The van der Waals surface area contributed by atoms with Crippen LogP contribution in [0, 0.1) is 17.7 Å². The summed E-state index contributed by atoms with van der Waals surface area (Å²) >= 11 is 1.65. The highest BCUT2D eigenvalue weighted by molar-refractivity contribution is 7.97. The molecule has 2 rings (SSSR count). The summed E-state index contributed by atoms with van der Waals surface area (Å²) in [5, 5.41) is 3.00. The average molecular weight is 347 g/mol. The Morgan fingerprint density at radius 2 is 2.18 bits per heavy atom. The van der Waals surface area contributed by atoms with Gasteiger partial charge in [-0.3, -0.25) is 4.79 Å². The number of amides is 1. The van der Waals surface area contributed by atoms with Gasteiger partial charge in [0.15, 0.2) is 0 Å². The maximum Gasteiger partial charge on any atom is 0.223 e. The second-order valence-corrected chi connectivity index (χ2v) is 6.46. The SMILES string of the molecule is CSCc1cc(F)ccc1CNC(=O)[C@@H]1CCC[C@@H]1CN.Cl. The van der Waals surface area contributed by atoms with Gasteiger partial charge in [-0.1, -0.05) is 12.5 Å². The minimum atomic E-state index is -0.229. The van der Waals surface area contributed by atoms with Crippen molar-refractivity contribution in [3.63, 3.8) is 0 Å². The number of benzene rings is 1. The molecule has 2 atom stereocenters. The van der Waals surface area contributed by atoms with Crippen molar-refractivity contribution in [3.05, 3.63) is 35.1 Å². The Hall–Kier alpha value is -0.780. The standard InChI is InChI=1S/C16H23FN2OS.ClH/c1-21-10-13-7-14(17)6-5-12(13)9-19-16(20)15-4-2-3-11(15)8-18;/h5-7,11,15H,2-4,8-10,18H2,1H3,(H,19,20);1H/t11-,15-;/m1./s1. The molecule has 1 fully saturated rings. The molecule has 0 aliphatic heterocycles.